The molecule has 0 aliphatic carbocycles. The lowest BCUT2D eigenvalue weighted by molar-refractivity contribution is 0.0741. The maximum absolute atomic E-state index is 12.8. The zero-order valence-electron chi connectivity index (χ0n) is 15.2. The number of benzene rings is 1. The van der Waals surface area contributed by atoms with E-state index >= 15 is 0 Å². The third-order valence-corrected chi connectivity index (χ3v) is 5.38. The molecule has 136 valence electrons. The zero-order chi connectivity index (χ0) is 17.8. The van der Waals surface area contributed by atoms with E-state index in [4.69, 9.17) is 0 Å². The van der Waals surface area contributed by atoms with Crippen LogP contribution < -0.4 is 9.80 Å². The first kappa shape index (κ1) is 16.9. The summed E-state index contributed by atoms with van der Waals surface area (Å²) in [5, 5.41) is 0. The van der Waals surface area contributed by atoms with Gasteiger partial charge in [0.1, 0.15) is 5.69 Å². The number of hydrogen-bond donors (Lipinski definition) is 0. The fourth-order valence-electron chi connectivity index (χ4n) is 3.82. The number of piperidine rings is 1. The van der Waals surface area contributed by atoms with Crippen LogP contribution in [0.1, 0.15) is 29.8 Å². The van der Waals surface area contributed by atoms with E-state index < -0.39 is 0 Å². The van der Waals surface area contributed by atoms with Crippen molar-refractivity contribution < 1.29 is 4.79 Å². The summed E-state index contributed by atoms with van der Waals surface area (Å²) in [7, 11) is 0. The molecule has 2 aliphatic heterocycles. The third-order valence-electron chi connectivity index (χ3n) is 5.38. The maximum Gasteiger partial charge on any atom is 0.272 e. The van der Waals surface area contributed by atoms with Gasteiger partial charge in [0.05, 0.1) is 11.9 Å². The highest BCUT2D eigenvalue weighted by Crippen LogP contribution is 2.20. The molecule has 0 atom stereocenters. The van der Waals surface area contributed by atoms with Crippen molar-refractivity contribution in [2.24, 2.45) is 0 Å². The molecule has 2 saturated heterocycles. The monoisotopic (exact) mass is 350 g/mol. The predicted octanol–water partition coefficient (Wildman–Crippen LogP) is 3.03. The first-order valence-corrected chi connectivity index (χ1v) is 9.61. The van der Waals surface area contributed by atoms with Crippen LogP contribution in [0, 0.1) is 0 Å². The van der Waals surface area contributed by atoms with E-state index in [-0.39, 0.29) is 5.91 Å². The number of carbonyl (C=O) groups is 1. The van der Waals surface area contributed by atoms with Crippen LogP contribution in [-0.4, -0.2) is 55.1 Å². The average molecular weight is 350 g/mol. The van der Waals surface area contributed by atoms with Gasteiger partial charge < -0.3 is 14.7 Å². The van der Waals surface area contributed by atoms with E-state index in [0.29, 0.717) is 5.69 Å². The number of anilines is 2. The number of piperazine rings is 1. The summed E-state index contributed by atoms with van der Waals surface area (Å²) in [5.74, 6) is 0.0444. The molecule has 2 fully saturated rings. The minimum Gasteiger partial charge on any atom is -0.370 e. The van der Waals surface area contributed by atoms with Crippen LogP contribution in [-0.2, 0) is 0 Å². The molecule has 5 nitrogen and oxygen atoms in total. The SMILES string of the molecule is O=C(c1ccc(N2CCCCC2)cn1)N1CCN(c2ccccc2)CC1. The van der Waals surface area contributed by atoms with Crippen LogP contribution in [0.3, 0.4) is 0 Å². The van der Waals surface area contributed by atoms with Gasteiger partial charge in [-0.25, -0.2) is 4.98 Å². The van der Waals surface area contributed by atoms with Gasteiger partial charge in [-0.05, 0) is 43.5 Å². The van der Waals surface area contributed by atoms with Crippen molar-refractivity contribution in [2.45, 2.75) is 19.3 Å². The van der Waals surface area contributed by atoms with Gasteiger partial charge in [0.15, 0.2) is 0 Å². The third kappa shape index (κ3) is 3.66. The van der Waals surface area contributed by atoms with Crippen molar-refractivity contribution in [1.29, 1.82) is 0 Å². The molecule has 0 bridgehead atoms. The van der Waals surface area contributed by atoms with Crippen LogP contribution in [0.4, 0.5) is 11.4 Å². The minimum absolute atomic E-state index is 0.0444. The normalized spacial score (nSPS) is 18.1. The first-order chi connectivity index (χ1) is 12.8. The second-order valence-electron chi connectivity index (χ2n) is 7.06. The fraction of sp³-hybridized carbons (Fsp3) is 0.429. The number of rotatable bonds is 3. The van der Waals surface area contributed by atoms with Gasteiger partial charge in [-0.2, -0.15) is 0 Å². The smallest absolute Gasteiger partial charge is 0.272 e. The van der Waals surface area contributed by atoms with Gasteiger partial charge in [-0.3, -0.25) is 4.79 Å². The van der Waals surface area contributed by atoms with Crippen molar-refractivity contribution in [2.75, 3.05) is 49.1 Å². The van der Waals surface area contributed by atoms with E-state index in [1.54, 1.807) is 0 Å². The largest absolute Gasteiger partial charge is 0.370 e. The lowest BCUT2D eigenvalue weighted by atomic mass is 10.1. The van der Waals surface area contributed by atoms with E-state index in [0.717, 1.165) is 45.0 Å². The van der Waals surface area contributed by atoms with Gasteiger partial charge in [0.25, 0.3) is 5.91 Å². The fourth-order valence-corrected chi connectivity index (χ4v) is 3.82. The molecule has 0 spiro atoms. The van der Waals surface area contributed by atoms with E-state index in [1.165, 1.54) is 24.9 Å². The molecule has 2 aliphatic rings. The first-order valence-electron chi connectivity index (χ1n) is 9.61. The van der Waals surface area contributed by atoms with Crippen LogP contribution in [0.2, 0.25) is 0 Å². The van der Waals surface area contributed by atoms with Gasteiger partial charge in [-0.15, -0.1) is 0 Å². The van der Waals surface area contributed by atoms with Crippen molar-refractivity contribution in [1.82, 2.24) is 9.88 Å². The lowest BCUT2D eigenvalue weighted by Gasteiger charge is -2.36. The molecule has 3 heterocycles. The molecule has 1 aromatic carbocycles. The molecular weight excluding hydrogens is 324 g/mol. The Morgan fingerprint density at radius 1 is 0.731 bits per heavy atom. The second kappa shape index (κ2) is 7.77. The standard InChI is InChI=1S/C21H26N4O/c26-21(20-10-9-19(17-22-20)23-11-5-2-6-12-23)25-15-13-24(14-16-25)18-7-3-1-4-8-18/h1,3-4,7-10,17H,2,5-6,11-16H2. The summed E-state index contributed by atoms with van der Waals surface area (Å²) in [6.45, 7) is 5.39. The summed E-state index contributed by atoms with van der Waals surface area (Å²) < 4.78 is 0. The van der Waals surface area contributed by atoms with Crippen LogP contribution in [0.5, 0.6) is 0 Å². The molecule has 4 rings (SSSR count). The Balaban J connectivity index is 1.36. The number of carbonyl (C=O) groups excluding carboxylic acids is 1. The van der Waals surface area contributed by atoms with Gasteiger partial charge in [0.2, 0.25) is 0 Å². The Morgan fingerprint density at radius 3 is 2.08 bits per heavy atom. The van der Waals surface area contributed by atoms with Gasteiger partial charge >= 0.3 is 0 Å². The van der Waals surface area contributed by atoms with E-state index in [9.17, 15) is 4.79 Å². The van der Waals surface area contributed by atoms with E-state index in [2.05, 4.69) is 39.0 Å². The lowest BCUT2D eigenvalue weighted by Crippen LogP contribution is -2.49. The summed E-state index contributed by atoms with van der Waals surface area (Å²) in [5.41, 5.74) is 2.91. The molecule has 0 unspecified atom stereocenters. The molecule has 1 aromatic heterocycles. The Hall–Kier alpha value is -2.56. The Kier molecular flexibility index (Phi) is 5.04. The summed E-state index contributed by atoms with van der Waals surface area (Å²) >= 11 is 0. The van der Waals surface area contributed by atoms with Crippen molar-refractivity contribution in [3.63, 3.8) is 0 Å². The molecular formula is C21H26N4O. The van der Waals surface area contributed by atoms with Crippen LogP contribution in [0.25, 0.3) is 0 Å². The van der Waals surface area contributed by atoms with Crippen LogP contribution in [0.15, 0.2) is 48.7 Å². The molecule has 0 radical (unpaired) electrons. The number of para-hydroxylation sites is 1. The topological polar surface area (TPSA) is 39.7 Å². The Labute approximate surface area is 155 Å². The Bertz CT molecular complexity index is 717. The summed E-state index contributed by atoms with van der Waals surface area (Å²) in [6.07, 6.45) is 5.66. The number of amides is 1. The molecule has 1 amide bonds. The quantitative estimate of drug-likeness (QED) is 0.853. The van der Waals surface area contributed by atoms with Crippen LogP contribution >= 0.6 is 0 Å². The van der Waals surface area contributed by atoms with Crippen molar-refractivity contribution >= 4 is 17.3 Å². The number of pyridine rings is 1. The number of aromatic nitrogens is 1. The van der Waals surface area contributed by atoms with Crippen molar-refractivity contribution in [3.05, 3.63) is 54.4 Å². The highest BCUT2D eigenvalue weighted by atomic mass is 16.2. The van der Waals surface area contributed by atoms with Crippen molar-refractivity contribution in [3.8, 4) is 0 Å². The van der Waals surface area contributed by atoms with Gasteiger partial charge in [-0.1, -0.05) is 18.2 Å². The second-order valence-corrected chi connectivity index (χ2v) is 7.06. The minimum atomic E-state index is 0.0444. The van der Waals surface area contributed by atoms with Gasteiger partial charge in [0, 0.05) is 45.0 Å². The zero-order valence-corrected chi connectivity index (χ0v) is 15.2. The molecule has 26 heavy (non-hydrogen) atoms. The Morgan fingerprint density at radius 2 is 1.42 bits per heavy atom. The molecule has 5 heteroatoms. The number of nitrogens with zero attached hydrogens (tertiary/aromatic N) is 4. The summed E-state index contributed by atoms with van der Waals surface area (Å²) in [6, 6.07) is 14.3. The maximum atomic E-state index is 12.8. The molecule has 2 aromatic rings. The average Bonchev–Trinajstić information content (AvgIpc) is 2.75. The number of hydrogen-bond acceptors (Lipinski definition) is 4. The summed E-state index contributed by atoms with van der Waals surface area (Å²) in [4.78, 5) is 23.8. The molecule has 0 N–H and O–H groups in total. The highest BCUT2D eigenvalue weighted by Gasteiger charge is 2.23. The van der Waals surface area contributed by atoms with E-state index in [1.807, 2.05) is 29.3 Å². The highest BCUT2D eigenvalue weighted by molar-refractivity contribution is 5.92. The predicted molar refractivity (Wildman–Crippen MR) is 105 cm³/mol. The molecule has 0 saturated carbocycles.